The lowest BCUT2D eigenvalue weighted by Crippen LogP contribution is -2.44. The molecular weight excluding hydrogens is 684 g/mol. The largest absolute Gasteiger partial charge is 0.488 e. The van der Waals surface area contributed by atoms with Gasteiger partial charge < -0.3 is 34.5 Å². The van der Waals surface area contributed by atoms with Gasteiger partial charge in [0.25, 0.3) is 0 Å². The number of nitrogens with one attached hydrogen (secondary N) is 2. The van der Waals surface area contributed by atoms with Crippen molar-refractivity contribution in [2.75, 3.05) is 52.9 Å². The molecule has 0 bridgehead atoms. The van der Waals surface area contributed by atoms with Crippen molar-refractivity contribution in [1.29, 1.82) is 5.26 Å². The van der Waals surface area contributed by atoms with E-state index in [-0.39, 0.29) is 12.5 Å². The molecule has 0 unspecified atom stereocenters. The van der Waals surface area contributed by atoms with Crippen molar-refractivity contribution in [3.05, 3.63) is 118 Å². The molecule has 276 valence electrons. The fraction of sp³-hybridized carbons (Fsp3) is 0.349. The van der Waals surface area contributed by atoms with E-state index in [2.05, 4.69) is 93.7 Å². The standard InChI is InChI=1S/C43H49ClN6O3/c1-31-35(10-5-11-37(31)38-12-6-13-41-39(38)14-19-50(41)18-7-17-49-22-20-48(3)21-23-49)30-53-43-26-42(52-29-34-9-4-8-33(24-34)27-45)36(25-40(43)44)28-46-15-16-47-32(2)51/h4-6,8-14,19,24-26,46H,7,15-18,20-23,28-30H2,1-3H3,(H,47,51). The zero-order valence-corrected chi connectivity index (χ0v) is 31.7. The predicted octanol–water partition coefficient (Wildman–Crippen LogP) is 7.16. The smallest absolute Gasteiger partial charge is 0.216 e. The molecule has 0 spiro atoms. The maximum absolute atomic E-state index is 11.3. The molecule has 2 N–H and O–H groups in total. The highest BCUT2D eigenvalue weighted by molar-refractivity contribution is 6.32. The van der Waals surface area contributed by atoms with Crippen LogP contribution in [-0.2, 0) is 31.1 Å². The quantitative estimate of drug-likeness (QED) is 0.104. The van der Waals surface area contributed by atoms with E-state index in [0.717, 1.165) is 67.9 Å². The molecule has 1 saturated heterocycles. The predicted molar refractivity (Wildman–Crippen MR) is 212 cm³/mol. The number of hydrogen-bond acceptors (Lipinski definition) is 7. The summed E-state index contributed by atoms with van der Waals surface area (Å²) in [6.45, 7) is 12.6. The van der Waals surface area contributed by atoms with Crippen molar-refractivity contribution in [2.24, 2.45) is 0 Å². The van der Waals surface area contributed by atoms with E-state index in [9.17, 15) is 10.1 Å². The minimum absolute atomic E-state index is 0.0699. The van der Waals surface area contributed by atoms with Gasteiger partial charge in [0.15, 0.2) is 0 Å². The van der Waals surface area contributed by atoms with Crippen LogP contribution in [0.1, 0.15) is 41.2 Å². The summed E-state index contributed by atoms with van der Waals surface area (Å²) in [5.41, 5.74) is 8.20. The average Bonchev–Trinajstić information content (AvgIpc) is 3.58. The number of rotatable bonds is 16. The maximum atomic E-state index is 11.3. The summed E-state index contributed by atoms with van der Waals surface area (Å²) < 4.78 is 15.1. The summed E-state index contributed by atoms with van der Waals surface area (Å²) in [6, 6.07) is 28.5. The van der Waals surface area contributed by atoms with Crippen molar-refractivity contribution < 1.29 is 14.3 Å². The molecule has 0 aliphatic carbocycles. The minimum atomic E-state index is -0.0699. The van der Waals surface area contributed by atoms with Crippen molar-refractivity contribution in [3.63, 3.8) is 0 Å². The van der Waals surface area contributed by atoms with Crippen LogP contribution in [0.2, 0.25) is 5.02 Å². The van der Waals surface area contributed by atoms with E-state index in [1.807, 2.05) is 30.3 Å². The van der Waals surface area contributed by atoms with Gasteiger partial charge in [-0.3, -0.25) is 4.79 Å². The molecule has 1 aromatic heterocycles. The highest BCUT2D eigenvalue weighted by atomic mass is 35.5. The van der Waals surface area contributed by atoms with Crippen LogP contribution in [0.3, 0.4) is 0 Å². The normalized spacial score (nSPS) is 13.6. The Morgan fingerprint density at radius 3 is 2.45 bits per heavy atom. The van der Waals surface area contributed by atoms with Gasteiger partial charge in [0.05, 0.1) is 16.7 Å². The number of hydrogen-bond donors (Lipinski definition) is 2. The van der Waals surface area contributed by atoms with Gasteiger partial charge >= 0.3 is 0 Å². The Bertz CT molecular complexity index is 2060. The van der Waals surface area contributed by atoms with Gasteiger partial charge in [-0.25, -0.2) is 0 Å². The number of ether oxygens (including phenoxy) is 2. The van der Waals surface area contributed by atoms with Gasteiger partial charge in [-0.05, 0) is 85.1 Å². The Kier molecular flexibility index (Phi) is 13.1. The summed E-state index contributed by atoms with van der Waals surface area (Å²) in [5.74, 6) is 1.08. The van der Waals surface area contributed by atoms with E-state index >= 15 is 0 Å². The number of benzene rings is 4. The topological polar surface area (TPSA) is 94.8 Å². The van der Waals surface area contributed by atoms with Crippen LogP contribution in [0.25, 0.3) is 22.0 Å². The second kappa shape index (κ2) is 18.3. The van der Waals surface area contributed by atoms with Crippen molar-refractivity contribution in [2.45, 2.75) is 46.6 Å². The van der Waals surface area contributed by atoms with E-state index in [4.69, 9.17) is 21.1 Å². The first-order chi connectivity index (χ1) is 25.8. The highest BCUT2D eigenvalue weighted by Crippen LogP contribution is 2.36. The fourth-order valence-electron chi connectivity index (χ4n) is 6.88. The van der Waals surface area contributed by atoms with Crippen LogP contribution in [0.4, 0.5) is 0 Å². The average molecular weight is 733 g/mol. The zero-order chi connectivity index (χ0) is 37.2. The third-order valence-corrected chi connectivity index (χ3v) is 10.3. The zero-order valence-electron chi connectivity index (χ0n) is 31.0. The van der Waals surface area contributed by atoms with Crippen LogP contribution in [-0.4, -0.2) is 73.1 Å². The van der Waals surface area contributed by atoms with Crippen molar-refractivity contribution >= 4 is 28.4 Å². The minimum Gasteiger partial charge on any atom is -0.488 e. The van der Waals surface area contributed by atoms with Crippen molar-refractivity contribution in [1.82, 2.24) is 25.0 Å². The molecule has 10 heteroatoms. The molecule has 0 radical (unpaired) electrons. The van der Waals surface area contributed by atoms with Crippen LogP contribution in [0.5, 0.6) is 11.5 Å². The van der Waals surface area contributed by atoms with Crippen LogP contribution in [0.15, 0.2) is 85.1 Å². The first kappa shape index (κ1) is 37.9. The number of piperazine rings is 1. The Labute approximate surface area is 318 Å². The number of likely N-dealkylation sites (N-methyl/N-ethyl adjacent to an activating group) is 1. The Morgan fingerprint density at radius 2 is 1.64 bits per heavy atom. The Balaban J connectivity index is 1.16. The third-order valence-electron chi connectivity index (χ3n) is 9.96. The Morgan fingerprint density at radius 1 is 0.868 bits per heavy atom. The molecule has 1 aliphatic heterocycles. The molecule has 53 heavy (non-hydrogen) atoms. The number of nitriles is 1. The summed E-state index contributed by atoms with van der Waals surface area (Å²) in [4.78, 5) is 16.3. The Hall–Kier alpha value is -4.85. The highest BCUT2D eigenvalue weighted by Gasteiger charge is 2.16. The molecule has 4 aromatic carbocycles. The molecule has 1 amide bonds. The number of amides is 1. The number of nitrogens with zero attached hydrogens (tertiary/aromatic N) is 4. The molecule has 5 aromatic rings. The van der Waals surface area contributed by atoms with Gasteiger partial charge in [-0.2, -0.15) is 5.26 Å². The molecule has 2 heterocycles. The fourth-order valence-corrected chi connectivity index (χ4v) is 7.12. The van der Waals surface area contributed by atoms with Crippen LogP contribution >= 0.6 is 11.6 Å². The van der Waals surface area contributed by atoms with Gasteiger partial charge in [0.2, 0.25) is 5.91 Å². The lowest BCUT2D eigenvalue weighted by atomic mass is 9.94. The SMILES string of the molecule is CC(=O)NCCNCc1cc(Cl)c(OCc2cccc(-c3cccc4c3ccn4CCCN3CCN(C)CC3)c2C)cc1OCc1cccc(C#N)c1. The van der Waals surface area contributed by atoms with Gasteiger partial charge in [-0.1, -0.05) is 54.1 Å². The lowest BCUT2D eigenvalue weighted by molar-refractivity contribution is -0.118. The molecule has 9 nitrogen and oxygen atoms in total. The second-order valence-electron chi connectivity index (χ2n) is 13.8. The van der Waals surface area contributed by atoms with E-state index in [0.29, 0.717) is 48.3 Å². The summed E-state index contributed by atoms with van der Waals surface area (Å²) in [6.07, 6.45) is 3.36. The summed E-state index contributed by atoms with van der Waals surface area (Å²) in [5, 5.41) is 17.2. The molecule has 1 aliphatic rings. The van der Waals surface area contributed by atoms with Gasteiger partial charge in [0.1, 0.15) is 24.7 Å². The molecule has 0 saturated carbocycles. The number of halogens is 1. The van der Waals surface area contributed by atoms with Gasteiger partial charge in [0, 0.05) is 88.0 Å². The first-order valence-electron chi connectivity index (χ1n) is 18.4. The van der Waals surface area contributed by atoms with Crippen LogP contribution in [0, 0.1) is 18.3 Å². The number of carbonyl (C=O) groups excluding carboxylic acids is 1. The van der Waals surface area contributed by atoms with Crippen molar-refractivity contribution in [3.8, 4) is 28.7 Å². The molecule has 0 atom stereocenters. The van der Waals surface area contributed by atoms with Crippen LogP contribution < -0.4 is 20.1 Å². The first-order valence-corrected chi connectivity index (χ1v) is 18.8. The molecule has 6 rings (SSSR count). The van der Waals surface area contributed by atoms with E-state index < -0.39 is 0 Å². The van der Waals surface area contributed by atoms with E-state index in [1.54, 1.807) is 6.07 Å². The van der Waals surface area contributed by atoms with E-state index in [1.165, 1.54) is 29.0 Å². The lowest BCUT2D eigenvalue weighted by Gasteiger charge is -2.32. The van der Waals surface area contributed by atoms with Gasteiger partial charge in [-0.15, -0.1) is 0 Å². The third kappa shape index (κ3) is 9.98. The number of fused-ring (bicyclic) bond motifs is 1. The second-order valence-corrected chi connectivity index (χ2v) is 14.2. The molecule has 1 fully saturated rings. The summed E-state index contributed by atoms with van der Waals surface area (Å²) in [7, 11) is 2.20. The monoisotopic (exact) mass is 732 g/mol. The maximum Gasteiger partial charge on any atom is 0.216 e. The summed E-state index contributed by atoms with van der Waals surface area (Å²) >= 11 is 6.82. The number of aromatic nitrogens is 1. The molecular formula is C43H49ClN6O3. The number of aryl methyl sites for hydroxylation is 1. The number of carbonyl (C=O) groups is 1.